The Morgan fingerprint density at radius 3 is 2.71 bits per heavy atom. The van der Waals surface area contributed by atoms with E-state index in [2.05, 4.69) is 42.0 Å². The molecule has 1 N–H and O–H groups in total. The zero-order valence-corrected chi connectivity index (χ0v) is 13.5. The Labute approximate surface area is 128 Å². The molecule has 4 nitrogen and oxygen atoms in total. The lowest BCUT2D eigenvalue weighted by molar-refractivity contribution is 0.208. The first-order valence-electron chi connectivity index (χ1n) is 8.12. The second-order valence-electron chi connectivity index (χ2n) is 6.16. The first kappa shape index (κ1) is 15.8. The molecule has 2 atom stereocenters. The van der Waals surface area contributed by atoms with Gasteiger partial charge in [-0.25, -0.2) is 0 Å². The van der Waals surface area contributed by atoms with Crippen LogP contribution in [0.15, 0.2) is 29.4 Å². The van der Waals surface area contributed by atoms with Crippen LogP contribution in [0.1, 0.15) is 32.9 Å². The minimum atomic E-state index is 0.744. The van der Waals surface area contributed by atoms with E-state index < -0.39 is 0 Å². The fraction of sp³-hybridized carbons (Fsp3) is 0.647. The normalized spacial score (nSPS) is 23.2. The number of pyridine rings is 1. The van der Waals surface area contributed by atoms with E-state index in [9.17, 15) is 0 Å². The lowest BCUT2D eigenvalue weighted by Gasteiger charge is -2.37. The van der Waals surface area contributed by atoms with Crippen LogP contribution in [0.4, 0.5) is 0 Å². The average Bonchev–Trinajstić information content (AvgIpc) is 2.46. The number of rotatable bonds is 4. The largest absolute Gasteiger partial charge is 0.357 e. The Morgan fingerprint density at radius 1 is 1.33 bits per heavy atom. The number of nitrogens with zero attached hydrogens (tertiary/aromatic N) is 3. The van der Waals surface area contributed by atoms with Crippen LogP contribution in [0, 0.1) is 11.8 Å². The highest BCUT2D eigenvalue weighted by molar-refractivity contribution is 5.80. The van der Waals surface area contributed by atoms with Crippen molar-refractivity contribution in [1.82, 2.24) is 15.2 Å². The summed E-state index contributed by atoms with van der Waals surface area (Å²) in [6, 6.07) is 6.05. The molecule has 1 aromatic rings. The molecule has 4 heteroatoms. The molecule has 0 spiro atoms. The molecular weight excluding hydrogens is 260 g/mol. The first-order valence-corrected chi connectivity index (χ1v) is 8.12. The van der Waals surface area contributed by atoms with Crippen LogP contribution >= 0.6 is 0 Å². The summed E-state index contributed by atoms with van der Waals surface area (Å²) in [7, 11) is 0. The Hall–Kier alpha value is -1.58. The van der Waals surface area contributed by atoms with Gasteiger partial charge >= 0.3 is 0 Å². The molecule has 0 saturated carbocycles. The smallest absolute Gasteiger partial charge is 0.193 e. The van der Waals surface area contributed by atoms with Gasteiger partial charge in [0.25, 0.3) is 0 Å². The van der Waals surface area contributed by atoms with Gasteiger partial charge in [0.05, 0.1) is 0 Å². The molecule has 1 saturated heterocycles. The molecule has 0 aliphatic carbocycles. The van der Waals surface area contributed by atoms with Gasteiger partial charge in [0, 0.05) is 44.5 Å². The molecule has 1 aliphatic heterocycles. The molecule has 2 heterocycles. The van der Waals surface area contributed by atoms with Crippen molar-refractivity contribution in [2.45, 2.75) is 33.6 Å². The predicted octanol–water partition coefficient (Wildman–Crippen LogP) is 2.57. The number of aliphatic imine (C=N–C) groups is 1. The Morgan fingerprint density at radius 2 is 2.10 bits per heavy atom. The summed E-state index contributed by atoms with van der Waals surface area (Å²) in [4.78, 5) is 11.6. The number of piperidine rings is 1. The highest BCUT2D eigenvalue weighted by Gasteiger charge is 2.23. The van der Waals surface area contributed by atoms with Crippen LogP contribution in [0.5, 0.6) is 0 Å². The highest BCUT2D eigenvalue weighted by Crippen LogP contribution is 2.20. The first-order chi connectivity index (χ1) is 10.2. The van der Waals surface area contributed by atoms with Gasteiger partial charge in [-0.1, -0.05) is 19.9 Å². The lowest BCUT2D eigenvalue weighted by Crippen LogP contribution is -2.48. The van der Waals surface area contributed by atoms with E-state index in [-0.39, 0.29) is 0 Å². The average molecular weight is 288 g/mol. The summed E-state index contributed by atoms with van der Waals surface area (Å²) in [5.74, 6) is 2.55. The fourth-order valence-electron chi connectivity index (χ4n) is 3.08. The highest BCUT2D eigenvalue weighted by atomic mass is 15.3. The molecule has 21 heavy (non-hydrogen) atoms. The quantitative estimate of drug-likeness (QED) is 0.684. The summed E-state index contributed by atoms with van der Waals surface area (Å²) < 4.78 is 0. The standard InChI is InChI=1S/C17H28N4/c1-4-18-17(21-12-14(2)11-15(3)13-21)20-10-8-16-7-5-6-9-19-16/h5-7,9,14-15H,4,8,10-13H2,1-3H3,(H,18,20). The van der Waals surface area contributed by atoms with Crippen molar-refractivity contribution < 1.29 is 0 Å². The molecule has 0 amide bonds. The second-order valence-corrected chi connectivity index (χ2v) is 6.16. The molecule has 0 bridgehead atoms. The zero-order valence-electron chi connectivity index (χ0n) is 13.5. The van der Waals surface area contributed by atoms with Gasteiger partial charge in [-0.05, 0) is 37.3 Å². The number of nitrogens with one attached hydrogen (secondary N) is 1. The van der Waals surface area contributed by atoms with E-state index >= 15 is 0 Å². The van der Waals surface area contributed by atoms with Crippen LogP contribution in [0.25, 0.3) is 0 Å². The van der Waals surface area contributed by atoms with Crippen LogP contribution in [-0.4, -0.2) is 42.0 Å². The van der Waals surface area contributed by atoms with Crippen LogP contribution in [-0.2, 0) is 6.42 Å². The molecule has 1 aliphatic rings. The van der Waals surface area contributed by atoms with Crippen molar-refractivity contribution in [3.63, 3.8) is 0 Å². The number of guanidine groups is 1. The molecular formula is C17H28N4. The maximum Gasteiger partial charge on any atom is 0.193 e. The monoisotopic (exact) mass is 288 g/mol. The summed E-state index contributed by atoms with van der Waals surface area (Å²) in [6.45, 7) is 10.7. The fourth-order valence-corrected chi connectivity index (χ4v) is 3.08. The second kappa shape index (κ2) is 8.01. The van der Waals surface area contributed by atoms with Gasteiger partial charge in [0.2, 0.25) is 0 Å². The zero-order chi connectivity index (χ0) is 15.1. The van der Waals surface area contributed by atoms with Gasteiger partial charge in [0.1, 0.15) is 0 Å². The molecule has 2 rings (SSSR count). The van der Waals surface area contributed by atoms with E-state index in [4.69, 9.17) is 4.99 Å². The Kier molecular flexibility index (Phi) is 6.03. The number of likely N-dealkylation sites (tertiary alicyclic amines) is 1. The molecule has 2 unspecified atom stereocenters. The predicted molar refractivity (Wildman–Crippen MR) is 88.4 cm³/mol. The van der Waals surface area contributed by atoms with Crippen molar-refractivity contribution in [3.05, 3.63) is 30.1 Å². The van der Waals surface area contributed by atoms with Gasteiger partial charge in [-0.15, -0.1) is 0 Å². The van der Waals surface area contributed by atoms with Crippen molar-refractivity contribution >= 4 is 5.96 Å². The van der Waals surface area contributed by atoms with Crippen LogP contribution < -0.4 is 5.32 Å². The maximum atomic E-state index is 4.79. The number of aromatic nitrogens is 1. The van der Waals surface area contributed by atoms with E-state index in [1.807, 2.05) is 18.3 Å². The minimum absolute atomic E-state index is 0.744. The van der Waals surface area contributed by atoms with E-state index in [1.54, 1.807) is 0 Å². The third kappa shape index (κ3) is 5.03. The third-order valence-electron chi connectivity index (χ3n) is 3.86. The van der Waals surface area contributed by atoms with Crippen LogP contribution in [0.3, 0.4) is 0 Å². The Balaban J connectivity index is 1.95. The van der Waals surface area contributed by atoms with E-state index in [0.717, 1.165) is 56.1 Å². The van der Waals surface area contributed by atoms with Crippen molar-refractivity contribution in [2.75, 3.05) is 26.2 Å². The van der Waals surface area contributed by atoms with E-state index in [0.29, 0.717) is 0 Å². The Bertz CT molecular complexity index is 433. The number of hydrogen-bond acceptors (Lipinski definition) is 2. The summed E-state index contributed by atoms with van der Waals surface area (Å²) >= 11 is 0. The SMILES string of the molecule is CCNC(=NCCc1ccccn1)N1CC(C)CC(C)C1. The van der Waals surface area contributed by atoms with Gasteiger partial charge in [-0.3, -0.25) is 9.98 Å². The lowest BCUT2D eigenvalue weighted by atomic mass is 9.92. The van der Waals surface area contributed by atoms with Gasteiger partial charge < -0.3 is 10.2 Å². The van der Waals surface area contributed by atoms with Crippen molar-refractivity contribution in [3.8, 4) is 0 Å². The van der Waals surface area contributed by atoms with E-state index in [1.165, 1.54) is 6.42 Å². The van der Waals surface area contributed by atoms with Gasteiger partial charge in [0.15, 0.2) is 5.96 Å². The minimum Gasteiger partial charge on any atom is -0.357 e. The summed E-state index contributed by atoms with van der Waals surface area (Å²) in [5.41, 5.74) is 1.11. The van der Waals surface area contributed by atoms with Gasteiger partial charge in [-0.2, -0.15) is 0 Å². The topological polar surface area (TPSA) is 40.5 Å². The molecule has 1 fully saturated rings. The van der Waals surface area contributed by atoms with Crippen molar-refractivity contribution in [1.29, 1.82) is 0 Å². The molecule has 0 aromatic carbocycles. The molecule has 0 radical (unpaired) electrons. The molecule has 116 valence electrons. The third-order valence-corrected chi connectivity index (χ3v) is 3.86. The summed E-state index contributed by atoms with van der Waals surface area (Å²) in [5, 5.41) is 3.44. The van der Waals surface area contributed by atoms with Crippen molar-refractivity contribution in [2.24, 2.45) is 16.8 Å². The number of hydrogen-bond donors (Lipinski definition) is 1. The van der Waals surface area contributed by atoms with Crippen LogP contribution in [0.2, 0.25) is 0 Å². The maximum absolute atomic E-state index is 4.79. The summed E-state index contributed by atoms with van der Waals surface area (Å²) in [6.07, 6.45) is 4.07. The molecule has 1 aromatic heterocycles.